The molecule has 0 radical (unpaired) electrons. The van der Waals surface area contributed by atoms with Gasteiger partial charge < -0.3 is 19.8 Å². The van der Waals surface area contributed by atoms with Crippen molar-refractivity contribution >= 4 is 38.7 Å². The van der Waals surface area contributed by atoms with Crippen LogP contribution >= 0.6 is 15.9 Å². The third-order valence-electron chi connectivity index (χ3n) is 5.06. The monoisotopic (exact) mass is 429 g/mol. The molecular formula is C21H24BrN3O2. The molecule has 142 valence electrons. The quantitative estimate of drug-likeness (QED) is 0.567. The minimum absolute atomic E-state index is 0.144. The fourth-order valence-corrected chi connectivity index (χ4v) is 3.81. The number of fused-ring (bicyclic) bond motifs is 1. The number of benzene rings is 2. The zero-order chi connectivity index (χ0) is 18.8. The Balaban J connectivity index is 1.58. The minimum atomic E-state index is 0.144. The smallest absolute Gasteiger partial charge is 0.300 e. The summed E-state index contributed by atoms with van der Waals surface area (Å²) in [6.45, 7) is 6.33. The van der Waals surface area contributed by atoms with Crippen molar-refractivity contribution in [3.8, 4) is 5.75 Å². The molecule has 1 atom stereocenters. The molecule has 6 heteroatoms. The molecule has 1 saturated heterocycles. The van der Waals surface area contributed by atoms with Crippen molar-refractivity contribution in [3.63, 3.8) is 0 Å². The van der Waals surface area contributed by atoms with E-state index in [2.05, 4.69) is 45.4 Å². The molecule has 1 unspecified atom stereocenters. The van der Waals surface area contributed by atoms with Crippen LogP contribution in [0, 0.1) is 12.8 Å². The second-order valence-corrected chi connectivity index (χ2v) is 8.09. The van der Waals surface area contributed by atoms with Crippen LogP contribution in [0.25, 0.3) is 11.1 Å². The summed E-state index contributed by atoms with van der Waals surface area (Å²) in [5, 5.41) is 6.63. The van der Waals surface area contributed by atoms with Crippen molar-refractivity contribution in [1.29, 1.82) is 0 Å². The Hall–Kier alpha value is -2.05. The standard InChI is InChI=1S/C21H24BrN3O2/c1-13-11-18-20(19(12-13)26-14(2)15-7-9-23-10-8-15)27-21(25-18)24-17-5-3-16(22)4-6-17/h3-6,11-12,14-15,23H,7-10H2,1-2H3,(H,24,25). The van der Waals surface area contributed by atoms with Crippen LogP contribution in [-0.2, 0) is 0 Å². The third-order valence-corrected chi connectivity index (χ3v) is 5.59. The van der Waals surface area contributed by atoms with E-state index in [1.165, 1.54) is 0 Å². The summed E-state index contributed by atoms with van der Waals surface area (Å²) in [4.78, 5) is 4.59. The molecule has 5 nitrogen and oxygen atoms in total. The topological polar surface area (TPSA) is 59.3 Å². The van der Waals surface area contributed by atoms with Crippen molar-refractivity contribution in [2.24, 2.45) is 5.92 Å². The minimum Gasteiger partial charge on any atom is -0.486 e. The lowest BCUT2D eigenvalue weighted by Crippen LogP contribution is -2.35. The number of aromatic nitrogens is 1. The second kappa shape index (κ2) is 7.90. The van der Waals surface area contributed by atoms with E-state index < -0.39 is 0 Å². The van der Waals surface area contributed by atoms with E-state index >= 15 is 0 Å². The van der Waals surface area contributed by atoms with E-state index in [0.717, 1.165) is 52.9 Å². The average molecular weight is 430 g/mol. The first-order valence-electron chi connectivity index (χ1n) is 9.39. The van der Waals surface area contributed by atoms with E-state index in [9.17, 15) is 0 Å². The number of hydrogen-bond donors (Lipinski definition) is 2. The van der Waals surface area contributed by atoms with Gasteiger partial charge in [-0.3, -0.25) is 0 Å². The molecular weight excluding hydrogens is 406 g/mol. The van der Waals surface area contributed by atoms with Crippen LogP contribution < -0.4 is 15.4 Å². The molecule has 4 rings (SSSR count). The van der Waals surface area contributed by atoms with Crippen LogP contribution in [0.15, 0.2) is 45.3 Å². The molecule has 0 spiro atoms. The summed E-state index contributed by atoms with van der Waals surface area (Å²) in [7, 11) is 0. The molecule has 1 aliphatic heterocycles. The van der Waals surface area contributed by atoms with Crippen molar-refractivity contribution in [2.45, 2.75) is 32.8 Å². The van der Waals surface area contributed by atoms with Crippen LogP contribution in [0.4, 0.5) is 11.7 Å². The first-order chi connectivity index (χ1) is 13.1. The predicted molar refractivity (Wildman–Crippen MR) is 112 cm³/mol. The molecule has 1 aliphatic rings. The zero-order valence-electron chi connectivity index (χ0n) is 15.6. The molecule has 3 aromatic rings. The summed E-state index contributed by atoms with van der Waals surface area (Å²) in [6.07, 6.45) is 2.43. The van der Waals surface area contributed by atoms with E-state index in [1.54, 1.807) is 0 Å². The van der Waals surface area contributed by atoms with Gasteiger partial charge in [0.15, 0.2) is 11.3 Å². The maximum Gasteiger partial charge on any atom is 0.300 e. The highest BCUT2D eigenvalue weighted by Gasteiger charge is 2.23. The average Bonchev–Trinajstić information content (AvgIpc) is 3.06. The van der Waals surface area contributed by atoms with Crippen LogP contribution in [0.2, 0.25) is 0 Å². The Labute approximate surface area is 167 Å². The van der Waals surface area contributed by atoms with Gasteiger partial charge in [-0.05, 0) is 87.7 Å². The van der Waals surface area contributed by atoms with Crippen molar-refractivity contribution < 1.29 is 9.15 Å². The summed E-state index contributed by atoms with van der Waals surface area (Å²) in [5.41, 5.74) is 3.54. The summed E-state index contributed by atoms with van der Waals surface area (Å²) >= 11 is 3.44. The molecule has 1 aromatic heterocycles. The molecule has 2 heterocycles. The first-order valence-corrected chi connectivity index (χ1v) is 10.2. The van der Waals surface area contributed by atoms with Crippen molar-refractivity contribution in [1.82, 2.24) is 10.3 Å². The van der Waals surface area contributed by atoms with Gasteiger partial charge in [-0.2, -0.15) is 4.98 Å². The lowest BCUT2D eigenvalue weighted by Gasteiger charge is -2.28. The number of nitrogens with one attached hydrogen (secondary N) is 2. The van der Waals surface area contributed by atoms with Crippen molar-refractivity contribution in [3.05, 3.63) is 46.4 Å². The van der Waals surface area contributed by atoms with E-state index in [1.807, 2.05) is 36.4 Å². The van der Waals surface area contributed by atoms with Gasteiger partial charge in [0.1, 0.15) is 5.52 Å². The number of hydrogen-bond acceptors (Lipinski definition) is 5. The Kier molecular flexibility index (Phi) is 5.36. The van der Waals surface area contributed by atoms with Crippen LogP contribution in [0.1, 0.15) is 25.3 Å². The Morgan fingerprint density at radius 2 is 1.96 bits per heavy atom. The summed E-state index contributed by atoms with van der Waals surface area (Å²) in [6, 6.07) is 12.4. The van der Waals surface area contributed by atoms with Crippen molar-refractivity contribution in [2.75, 3.05) is 18.4 Å². The molecule has 0 saturated carbocycles. The van der Waals surface area contributed by atoms with E-state index in [-0.39, 0.29) is 6.10 Å². The first kappa shape index (κ1) is 18.3. The number of halogens is 1. The fourth-order valence-electron chi connectivity index (χ4n) is 3.54. The highest BCUT2D eigenvalue weighted by molar-refractivity contribution is 9.10. The van der Waals surface area contributed by atoms with Gasteiger partial charge in [-0.1, -0.05) is 15.9 Å². The molecule has 0 aliphatic carbocycles. The normalized spacial score (nSPS) is 16.4. The number of ether oxygens (including phenoxy) is 1. The third kappa shape index (κ3) is 4.28. The highest BCUT2D eigenvalue weighted by Crippen LogP contribution is 2.33. The largest absolute Gasteiger partial charge is 0.486 e. The Morgan fingerprint density at radius 1 is 1.22 bits per heavy atom. The number of nitrogens with zero attached hydrogens (tertiary/aromatic N) is 1. The molecule has 2 N–H and O–H groups in total. The lowest BCUT2D eigenvalue weighted by molar-refractivity contribution is 0.128. The van der Waals surface area contributed by atoms with Crippen LogP contribution in [0.3, 0.4) is 0 Å². The number of piperidine rings is 1. The SMILES string of the molecule is Cc1cc(OC(C)C2CCNCC2)c2oc(Nc3ccc(Br)cc3)nc2c1. The fraction of sp³-hybridized carbons (Fsp3) is 0.381. The van der Waals surface area contributed by atoms with Crippen LogP contribution in [0.5, 0.6) is 5.75 Å². The molecule has 27 heavy (non-hydrogen) atoms. The van der Waals surface area contributed by atoms with Gasteiger partial charge in [0.25, 0.3) is 6.01 Å². The van der Waals surface area contributed by atoms with Gasteiger partial charge in [-0.25, -0.2) is 0 Å². The second-order valence-electron chi connectivity index (χ2n) is 7.17. The van der Waals surface area contributed by atoms with Gasteiger partial charge in [-0.15, -0.1) is 0 Å². The van der Waals surface area contributed by atoms with Gasteiger partial charge >= 0.3 is 0 Å². The number of rotatable bonds is 5. The van der Waals surface area contributed by atoms with Gasteiger partial charge in [0.05, 0.1) is 6.10 Å². The Bertz CT molecular complexity index is 917. The Morgan fingerprint density at radius 3 is 2.70 bits per heavy atom. The molecule has 0 amide bonds. The van der Waals surface area contributed by atoms with E-state index in [0.29, 0.717) is 17.5 Å². The lowest BCUT2D eigenvalue weighted by atomic mass is 9.93. The van der Waals surface area contributed by atoms with Gasteiger partial charge in [0, 0.05) is 10.2 Å². The van der Waals surface area contributed by atoms with Gasteiger partial charge in [0.2, 0.25) is 0 Å². The predicted octanol–water partition coefficient (Wildman–Crippen LogP) is 5.41. The van der Waals surface area contributed by atoms with E-state index in [4.69, 9.17) is 9.15 Å². The molecule has 1 fully saturated rings. The maximum atomic E-state index is 6.33. The number of oxazole rings is 1. The van der Waals surface area contributed by atoms with Crippen LogP contribution in [-0.4, -0.2) is 24.2 Å². The molecule has 2 aromatic carbocycles. The zero-order valence-corrected chi connectivity index (χ0v) is 17.2. The highest BCUT2D eigenvalue weighted by atomic mass is 79.9. The summed E-state index contributed by atoms with van der Waals surface area (Å²) < 4.78 is 13.4. The maximum absolute atomic E-state index is 6.33. The number of aryl methyl sites for hydroxylation is 1. The summed E-state index contributed by atoms with van der Waals surface area (Å²) in [5.74, 6) is 1.33. The number of anilines is 2. The molecule has 0 bridgehead atoms.